The van der Waals surface area contributed by atoms with Crippen LogP contribution in [0.3, 0.4) is 0 Å². The molecule has 38 heavy (non-hydrogen) atoms. The summed E-state index contributed by atoms with van der Waals surface area (Å²) in [6, 6.07) is 13.6. The average molecular weight is 558 g/mol. The Balaban J connectivity index is 1.44. The highest BCUT2D eigenvalue weighted by Crippen LogP contribution is 2.35. The third-order valence-corrected chi connectivity index (χ3v) is 8.01. The Hall–Kier alpha value is -4.23. The Morgan fingerprint density at radius 2 is 1.71 bits per heavy atom. The Morgan fingerprint density at radius 3 is 2.37 bits per heavy atom. The van der Waals surface area contributed by atoms with Gasteiger partial charge in [0.25, 0.3) is 15.9 Å². The van der Waals surface area contributed by atoms with Crippen LogP contribution in [0.15, 0.2) is 70.6 Å². The largest absolute Gasteiger partial charge is 0.486 e. The summed E-state index contributed by atoms with van der Waals surface area (Å²) in [4.78, 5) is 29.5. The molecule has 13 heteroatoms. The summed E-state index contributed by atoms with van der Waals surface area (Å²) in [5.74, 6) is -0.585. The first-order valence-corrected chi connectivity index (χ1v) is 13.5. The standard InChI is InChI=1S/C25H20FN3O7S2/c1-34-23(30)14-29-19-12-20-21(36-11-10-35-20)13-22(19)37-25(29)27-24(31)15-2-6-17(7-3-15)28-38(32,33)18-8-4-16(26)5-9-18/h2-9,12-13,28H,10-11,14H2,1H3. The van der Waals surface area contributed by atoms with Crippen LogP contribution in [0.25, 0.3) is 10.2 Å². The first-order chi connectivity index (χ1) is 18.2. The van der Waals surface area contributed by atoms with Crippen molar-refractivity contribution in [1.29, 1.82) is 0 Å². The van der Waals surface area contributed by atoms with Crippen LogP contribution in [0.2, 0.25) is 0 Å². The van der Waals surface area contributed by atoms with Gasteiger partial charge in [-0.25, -0.2) is 12.8 Å². The predicted octanol–water partition coefficient (Wildman–Crippen LogP) is 3.33. The first kappa shape index (κ1) is 25.4. The number of sulfonamides is 1. The molecule has 0 radical (unpaired) electrons. The van der Waals surface area contributed by atoms with E-state index >= 15 is 0 Å². The van der Waals surface area contributed by atoms with Crippen molar-refractivity contribution in [1.82, 2.24) is 4.57 Å². The van der Waals surface area contributed by atoms with E-state index in [9.17, 15) is 22.4 Å². The maximum atomic E-state index is 13.1. The number of thiazole rings is 1. The molecule has 5 rings (SSSR count). The topological polar surface area (TPSA) is 125 Å². The molecule has 1 aliphatic heterocycles. The van der Waals surface area contributed by atoms with E-state index in [1.807, 2.05) is 0 Å². The fraction of sp³-hybridized carbons (Fsp3) is 0.160. The Bertz CT molecular complexity index is 1710. The molecule has 0 bridgehead atoms. The number of rotatable bonds is 6. The van der Waals surface area contributed by atoms with Crippen LogP contribution >= 0.6 is 11.3 Å². The van der Waals surface area contributed by atoms with Gasteiger partial charge >= 0.3 is 5.97 Å². The number of nitrogens with zero attached hydrogens (tertiary/aromatic N) is 2. The molecule has 1 amide bonds. The average Bonchev–Trinajstić information content (AvgIpc) is 3.22. The van der Waals surface area contributed by atoms with Crippen molar-refractivity contribution in [3.05, 3.63) is 76.8 Å². The van der Waals surface area contributed by atoms with Crippen molar-refractivity contribution in [3.63, 3.8) is 0 Å². The molecule has 0 atom stereocenters. The highest BCUT2D eigenvalue weighted by atomic mass is 32.2. The first-order valence-electron chi connectivity index (χ1n) is 11.2. The van der Waals surface area contributed by atoms with Gasteiger partial charge in [0.05, 0.1) is 22.2 Å². The van der Waals surface area contributed by atoms with Crippen LogP contribution in [0, 0.1) is 5.82 Å². The van der Waals surface area contributed by atoms with Crippen LogP contribution in [0.1, 0.15) is 10.4 Å². The molecule has 0 spiro atoms. The number of halogens is 1. The normalized spacial score (nSPS) is 13.4. The fourth-order valence-electron chi connectivity index (χ4n) is 3.70. The highest BCUT2D eigenvalue weighted by molar-refractivity contribution is 7.92. The molecule has 1 N–H and O–H groups in total. The number of methoxy groups -OCH3 is 1. The lowest BCUT2D eigenvalue weighted by Crippen LogP contribution is -2.22. The van der Waals surface area contributed by atoms with E-state index in [1.165, 1.54) is 42.7 Å². The van der Waals surface area contributed by atoms with Gasteiger partial charge in [-0.3, -0.25) is 14.3 Å². The zero-order valence-electron chi connectivity index (χ0n) is 19.8. The molecule has 2 heterocycles. The molecule has 3 aromatic carbocycles. The Labute approximate surface area is 220 Å². The quantitative estimate of drug-likeness (QED) is 0.361. The summed E-state index contributed by atoms with van der Waals surface area (Å²) in [5, 5.41) is 0. The summed E-state index contributed by atoms with van der Waals surface area (Å²) in [6.45, 7) is 0.635. The van der Waals surface area contributed by atoms with E-state index in [1.54, 1.807) is 16.7 Å². The second-order valence-corrected chi connectivity index (χ2v) is 10.8. The smallest absolute Gasteiger partial charge is 0.325 e. The maximum Gasteiger partial charge on any atom is 0.325 e. The summed E-state index contributed by atoms with van der Waals surface area (Å²) in [7, 11) is -2.68. The SMILES string of the molecule is COC(=O)Cn1c(=NC(=O)c2ccc(NS(=O)(=O)c3ccc(F)cc3)cc2)sc2cc3c(cc21)OCCO3. The second-order valence-electron chi connectivity index (χ2n) is 8.06. The fourth-order valence-corrected chi connectivity index (χ4v) is 5.79. The summed E-state index contributed by atoms with van der Waals surface area (Å²) in [6.07, 6.45) is 0. The van der Waals surface area contributed by atoms with E-state index in [2.05, 4.69) is 9.71 Å². The number of aromatic nitrogens is 1. The predicted molar refractivity (Wildman–Crippen MR) is 136 cm³/mol. The summed E-state index contributed by atoms with van der Waals surface area (Å²) < 4.78 is 58.9. The van der Waals surface area contributed by atoms with Gasteiger partial charge in [0.2, 0.25) is 0 Å². The van der Waals surface area contributed by atoms with Gasteiger partial charge in [-0.15, -0.1) is 0 Å². The summed E-state index contributed by atoms with van der Waals surface area (Å²) in [5.41, 5.74) is 1.03. The lowest BCUT2D eigenvalue weighted by atomic mass is 10.2. The maximum absolute atomic E-state index is 13.1. The van der Waals surface area contributed by atoms with Crippen molar-refractivity contribution >= 4 is 49.1 Å². The molecule has 196 valence electrons. The van der Waals surface area contributed by atoms with Gasteiger partial charge in [0, 0.05) is 23.4 Å². The van der Waals surface area contributed by atoms with Crippen molar-refractivity contribution in [2.75, 3.05) is 25.0 Å². The van der Waals surface area contributed by atoms with Crippen molar-refractivity contribution in [2.45, 2.75) is 11.4 Å². The number of esters is 1. The highest BCUT2D eigenvalue weighted by Gasteiger charge is 2.19. The molecular weight excluding hydrogens is 537 g/mol. The molecule has 1 aliphatic rings. The molecule has 0 fully saturated rings. The number of anilines is 1. The van der Waals surface area contributed by atoms with Gasteiger partial charge in [0.15, 0.2) is 16.3 Å². The van der Waals surface area contributed by atoms with Crippen LogP contribution < -0.4 is 19.0 Å². The van der Waals surface area contributed by atoms with Gasteiger partial charge in [-0.2, -0.15) is 4.99 Å². The lowest BCUT2D eigenvalue weighted by molar-refractivity contribution is -0.141. The van der Waals surface area contributed by atoms with Crippen molar-refractivity contribution < 1.29 is 36.6 Å². The van der Waals surface area contributed by atoms with Crippen LogP contribution in [0.5, 0.6) is 11.5 Å². The molecule has 0 saturated heterocycles. The second kappa shape index (κ2) is 10.3. The molecule has 10 nitrogen and oxygen atoms in total. The Morgan fingerprint density at radius 1 is 1.05 bits per heavy atom. The monoisotopic (exact) mass is 557 g/mol. The lowest BCUT2D eigenvalue weighted by Gasteiger charge is -2.18. The minimum Gasteiger partial charge on any atom is -0.486 e. The molecule has 0 saturated carbocycles. The van der Waals surface area contributed by atoms with Gasteiger partial charge < -0.3 is 18.8 Å². The van der Waals surface area contributed by atoms with E-state index in [0.29, 0.717) is 30.2 Å². The van der Waals surface area contributed by atoms with E-state index < -0.39 is 27.7 Å². The zero-order chi connectivity index (χ0) is 26.9. The van der Waals surface area contributed by atoms with Gasteiger partial charge in [-0.1, -0.05) is 11.3 Å². The van der Waals surface area contributed by atoms with E-state index in [0.717, 1.165) is 29.0 Å². The number of hydrogen-bond donors (Lipinski definition) is 1. The van der Waals surface area contributed by atoms with Crippen LogP contribution in [0.4, 0.5) is 10.1 Å². The van der Waals surface area contributed by atoms with E-state index in [-0.39, 0.29) is 27.5 Å². The number of amides is 1. The van der Waals surface area contributed by atoms with Crippen molar-refractivity contribution in [2.24, 2.45) is 4.99 Å². The van der Waals surface area contributed by atoms with Crippen molar-refractivity contribution in [3.8, 4) is 11.5 Å². The number of benzene rings is 3. The minimum absolute atomic E-state index is 0.105. The minimum atomic E-state index is -3.94. The number of carbonyl (C=O) groups excluding carboxylic acids is 2. The number of fused-ring (bicyclic) bond motifs is 2. The molecule has 1 aromatic heterocycles. The molecular formula is C25H20FN3O7S2. The Kier molecular flexibility index (Phi) is 6.87. The number of carbonyl (C=O) groups is 2. The molecule has 0 unspecified atom stereocenters. The van der Waals surface area contributed by atoms with Crippen LogP contribution in [-0.4, -0.2) is 45.2 Å². The van der Waals surface area contributed by atoms with E-state index in [4.69, 9.17) is 14.2 Å². The number of ether oxygens (including phenoxy) is 3. The molecule has 0 aliphatic carbocycles. The van der Waals surface area contributed by atoms with Gasteiger partial charge in [-0.05, 0) is 48.5 Å². The number of hydrogen-bond acceptors (Lipinski definition) is 8. The summed E-state index contributed by atoms with van der Waals surface area (Å²) >= 11 is 1.20. The number of nitrogens with one attached hydrogen (secondary N) is 1. The third-order valence-electron chi connectivity index (χ3n) is 5.57. The molecule has 4 aromatic rings. The third kappa shape index (κ3) is 5.24. The van der Waals surface area contributed by atoms with Gasteiger partial charge in [0.1, 0.15) is 25.6 Å². The van der Waals surface area contributed by atoms with Crippen LogP contribution in [-0.2, 0) is 26.1 Å². The zero-order valence-corrected chi connectivity index (χ0v) is 21.5.